The van der Waals surface area contributed by atoms with Crippen molar-refractivity contribution in [3.05, 3.63) is 35.4 Å². The summed E-state index contributed by atoms with van der Waals surface area (Å²) >= 11 is 0. The van der Waals surface area contributed by atoms with Crippen LogP contribution in [0.25, 0.3) is 0 Å². The van der Waals surface area contributed by atoms with Crippen LogP contribution in [0.3, 0.4) is 0 Å². The van der Waals surface area contributed by atoms with Crippen molar-refractivity contribution in [3.63, 3.8) is 0 Å². The van der Waals surface area contributed by atoms with Gasteiger partial charge in [-0.3, -0.25) is 9.59 Å². The van der Waals surface area contributed by atoms with Gasteiger partial charge in [-0.15, -0.1) is 0 Å². The maximum absolute atomic E-state index is 11.6. The molecule has 1 heterocycles. The van der Waals surface area contributed by atoms with E-state index in [-0.39, 0.29) is 6.54 Å². The van der Waals surface area contributed by atoms with E-state index >= 15 is 0 Å². The lowest BCUT2D eigenvalue weighted by Crippen LogP contribution is -2.43. The van der Waals surface area contributed by atoms with Crippen LogP contribution < -0.4 is 5.43 Å². The number of amides is 2. The molecule has 2 amide bonds. The highest BCUT2D eigenvalue weighted by Crippen LogP contribution is 2.20. The van der Waals surface area contributed by atoms with Crippen LogP contribution in [0.5, 0.6) is 0 Å². The summed E-state index contributed by atoms with van der Waals surface area (Å²) < 4.78 is 0. The number of carbonyl (C=O) groups is 3. The lowest BCUT2D eigenvalue weighted by molar-refractivity contribution is -0.107. The number of fused-ring (bicyclic) bond motifs is 1. The molecule has 0 spiro atoms. The molecule has 0 aliphatic carbocycles. The van der Waals surface area contributed by atoms with Crippen molar-refractivity contribution >= 4 is 18.1 Å². The van der Waals surface area contributed by atoms with E-state index in [1.807, 2.05) is 0 Å². The molecule has 1 N–H and O–H groups in total. The number of nitrogens with zero attached hydrogens (tertiary/aromatic N) is 1. The minimum absolute atomic E-state index is 0.0640. The molecule has 0 atom stereocenters. The van der Waals surface area contributed by atoms with Gasteiger partial charge in [-0.1, -0.05) is 12.1 Å². The predicted molar refractivity (Wildman–Crippen MR) is 51.0 cm³/mol. The summed E-state index contributed by atoms with van der Waals surface area (Å²) in [6.45, 7) is -0.0640. The molecule has 1 aliphatic rings. The van der Waals surface area contributed by atoms with E-state index in [0.29, 0.717) is 17.4 Å². The molecule has 1 aliphatic heterocycles. The zero-order valence-electron chi connectivity index (χ0n) is 7.77. The summed E-state index contributed by atoms with van der Waals surface area (Å²) in [7, 11) is 0. The maximum Gasteiger partial charge on any atom is 0.276 e. The summed E-state index contributed by atoms with van der Waals surface area (Å²) in [5.74, 6) is -0.838. The van der Waals surface area contributed by atoms with E-state index in [1.54, 1.807) is 24.3 Å². The lowest BCUT2D eigenvalue weighted by atomic mass is 10.1. The first-order valence-corrected chi connectivity index (χ1v) is 4.40. The third-order valence-electron chi connectivity index (χ3n) is 2.13. The Morgan fingerprint density at radius 2 is 1.67 bits per heavy atom. The van der Waals surface area contributed by atoms with E-state index in [9.17, 15) is 14.4 Å². The zero-order chi connectivity index (χ0) is 10.8. The lowest BCUT2D eigenvalue weighted by Gasteiger charge is -2.12. The second-order valence-electron chi connectivity index (χ2n) is 3.02. The number of benzene rings is 1. The van der Waals surface area contributed by atoms with Crippen molar-refractivity contribution in [1.29, 1.82) is 0 Å². The van der Waals surface area contributed by atoms with Crippen LogP contribution in [-0.4, -0.2) is 29.7 Å². The number of aldehydes is 1. The summed E-state index contributed by atoms with van der Waals surface area (Å²) in [4.78, 5) is 33.4. The second-order valence-corrected chi connectivity index (χ2v) is 3.02. The molecule has 76 valence electrons. The van der Waals surface area contributed by atoms with Crippen molar-refractivity contribution in [2.24, 2.45) is 0 Å². The number of imide groups is 1. The number of nitrogens with one attached hydrogen (secondary N) is 1. The van der Waals surface area contributed by atoms with Gasteiger partial charge >= 0.3 is 0 Å². The smallest absolute Gasteiger partial charge is 0.276 e. The average molecular weight is 204 g/mol. The standard InChI is InChI=1S/C10H8N2O3/c13-6-5-11-12-9(14)7-3-1-2-4-8(7)10(12)15/h1-4,6,11H,5H2. The molecule has 1 aromatic carbocycles. The fourth-order valence-electron chi connectivity index (χ4n) is 1.46. The highest BCUT2D eigenvalue weighted by atomic mass is 16.2. The molecule has 0 unspecified atom stereocenters. The van der Waals surface area contributed by atoms with E-state index in [1.165, 1.54) is 0 Å². The SMILES string of the molecule is O=CCNN1C(=O)c2ccccc2C1=O. The Hall–Kier alpha value is -2.01. The minimum Gasteiger partial charge on any atom is -0.302 e. The van der Waals surface area contributed by atoms with Gasteiger partial charge in [0.1, 0.15) is 6.29 Å². The van der Waals surface area contributed by atoms with Gasteiger partial charge in [0.2, 0.25) is 0 Å². The Labute approximate surface area is 85.6 Å². The van der Waals surface area contributed by atoms with Gasteiger partial charge in [-0.2, -0.15) is 0 Å². The van der Waals surface area contributed by atoms with Gasteiger partial charge in [0.15, 0.2) is 0 Å². The molecule has 2 rings (SSSR count). The molecule has 1 aromatic rings. The Balaban J connectivity index is 2.32. The second kappa shape index (κ2) is 3.62. The first kappa shape index (κ1) is 9.54. The highest BCUT2D eigenvalue weighted by molar-refractivity contribution is 6.20. The summed E-state index contributed by atoms with van der Waals surface area (Å²) in [6.07, 6.45) is 0.587. The summed E-state index contributed by atoms with van der Waals surface area (Å²) in [5.41, 5.74) is 3.17. The summed E-state index contributed by atoms with van der Waals surface area (Å²) in [6, 6.07) is 6.54. The van der Waals surface area contributed by atoms with Crippen LogP contribution in [-0.2, 0) is 4.79 Å². The van der Waals surface area contributed by atoms with Crippen LogP contribution in [0.15, 0.2) is 24.3 Å². The van der Waals surface area contributed by atoms with Gasteiger partial charge in [0.25, 0.3) is 11.8 Å². The molecule has 0 aromatic heterocycles. The van der Waals surface area contributed by atoms with Crippen molar-refractivity contribution in [2.45, 2.75) is 0 Å². The average Bonchev–Trinajstić information content (AvgIpc) is 2.51. The van der Waals surface area contributed by atoms with Gasteiger partial charge in [0.05, 0.1) is 17.7 Å². The summed E-state index contributed by atoms with van der Waals surface area (Å²) in [5, 5.41) is 0.860. The van der Waals surface area contributed by atoms with Gasteiger partial charge in [-0.25, -0.2) is 10.4 Å². The Bertz CT molecular complexity index is 407. The van der Waals surface area contributed by atoms with Crippen molar-refractivity contribution in [3.8, 4) is 0 Å². The van der Waals surface area contributed by atoms with Gasteiger partial charge in [0, 0.05) is 0 Å². The van der Waals surface area contributed by atoms with Gasteiger partial charge < -0.3 is 4.79 Å². The normalized spacial score (nSPS) is 14.3. The van der Waals surface area contributed by atoms with E-state index in [2.05, 4.69) is 5.43 Å². The van der Waals surface area contributed by atoms with Crippen LogP contribution in [0.2, 0.25) is 0 Å². The molecule has 0 fully saturated rings. The quantitative estimate of drug-likeness (QED) is 0.555. The number of carbonyl (C=O) groups excluding carboxylic acids is 3. The molecule has 15 heavy (non-hydrogen) atoms. The molecule has 0 saturated heterocycles. The third kappa shape index (κ3) is 1.42. The molecule has 0 saturated carbocycles. The number of hydrazine groups is 1. The molecule has 0 bridgehead atoms. The van der Waals surface area contributed by atoms with Crippen LogP contribution in [0.1, 0.15) is 20.7 Å². The fourth-order valence-corrected chi connectivity index (χ4v) is 1.46. The first-order chi connectivity index (χ1) is 7.25. The first-order valence-electron chi connectivity index (χ1n) is 4.40. The number of rotatable bonds is 3. The Kier molecular flexibility index (Phi) is 2.31. The number of hydrogen-bond acceptors (Lipinski definition) is 4. The van der Waals surface area contributed by atoms with Crippen LogP contribution in [0.4, 0.5) is 0 Å². The monoisotopic (exact) mass is 204 g/mol. The number of hydrogen-bond donors (Lipinski definition) is 1. The highest BCUT2D eigenvalue weighted by Gasteiger charge is 2.34. The topological polar surface area (TPSA) is 66.5 Å². The van der Waals surface area contributed by atoms with Crippen molar-refractivity contribution < 1.29 is 14.4 Å². The molecular formula is C10H8N2O3. The van der Waals surface area contributed by atoms with Gasteiger partial charge in [-0.05, 0) is 12.1 Å². The van der Waals surface area contributed by atoms with E-state index in [4.69, 9.17) is 0 Å². The zero-order valence-corrected chi connectivity index (χ0v) is 7.77. The molecule has 5 nitrogen and oxygen atoms in total. The van der Waals surface area contributed by atoms with Crippen molar-refractivity contribution in [1.82, 2.24) is 10.4 Å². The Morgan fingerprint density at radius 3 is 2.13 bits per heavy atom. The molecule has 5 heteroatoms. The van der Waals surface area contributed by atoms with Crippen LogP contribution in [0, 0.1) is 0 Å². The Morgan fingerprint density at radius 1 is 1.13 bits per heavy atom. The van der Waals surface area contributed by atoms with Crippen LogP contribution >= 0.6 is 0 Å². The minimum atomic E-state index is -0.419. The van der Waals surface area contributed by atoms with Crippen molar-refractivity contribution in [2.75, 3.05) is 6.54 Å². The van der Waals surface area contributed by atoms with E-state index in [0.717, 1.165) is 5.01 Å². The fraction of sp³-hybridized carbons (Fsp3) is 0.100. The molecular weight excluding hydrogens is 196 g/mol. The third-order valence-corrected chi connectivity index (χ3v) is 2.13. The predicted octanol–water partition coefficient (Wildman–Crippen LogP) is -0.0139. The van der Waals surface area contributed by atoms with E-state index < -0.39 is 11.8 Å². The molecule has 0 radical (unpaired) electrons. The maximum atomic E-state index is 11.6. The largest absolute Gasteiger partial charge is 0.302 e.